The van der Waals surface area contributed by atoms with Gasteiger partial charge in [0.1, 0.15) is 11.6 Å². The fraction of sp³-hybridized carbons (Fsp3) is 0.136. The Balaban J connectivity index is 2.06. The summed E-state index contributed by atoms with van der Waals surface area (Å²) in [4.78, 5) is 29.1. The number of ether oxygens (including phenoxy) is 2. The Morgan fingerprint density at radius 3 is 2.47 bits per heavy atom. The topological polar surface area (TPSA) is 70.4 Å². The van der Waals surface area contributed by atoms with Crippen molar-refractivity contribution < 1.29 is 23.0 Å². The normalized spacial score (nSPS) is 11.1. The first kappa shape index (κ1) is 19.5. The third kappa shape index (κ3) is 3.16. The molecule has 0 saturated heterocycles. The van der Waals surface area contributed by atoms with E-state index in [-0.39, 0.29) is 33.9 Å². The van der Waals surface area contributed by atoms with Crippen LogP contribution in [0, 0.1) is 11.6 Å². The van der Waals surface area contributed by atoms with Gasteiger partial charge < -0.3 is 14.0 Å². The molecule has 152 valence electrons. The van der Waals surface area contributed by atoms with Gasteiger partial charge in [0.05, 0.1) is 48.9 Å². The van der Waals surface area contributed by atoms with Crippen LogP contribution in [0.4, 0.5) is 8.78 Å². The molecule has 0 atom stereocenters. The summed E-state index contributed by atoms with van der Waals surface area (Å²) >= 11 is 0. The summed E-state index contributed by atoms with van der Waals surface area (Å²) in [6.07, 6.45) is 0.959. The average Bonchev–Trinajstić information content (AvgIpc) is 2.76. The van der Waals surface area contributed by atoms with Crippen molar-refractivity contribution in [3.05, 3.63) is 81.8 Å². The number of benzene rings is 2. The largest absolute Gasteiger partial charge is 0.497 e. The number of carbonyl (C=O) groups is 1. The second-order valence-electron chi connectivity index (χ2n) is 6.60. The lowest BCUT2D eigenvalue weighted by Gasteiger charge is -2.15. The third-order valence-electron chi connectivity index (χ3n) is 4.88. The zero-order valence-electron chi connectivity index (χ0n) is 16.1. The average molecular weight is 410 g/mol. The molecular formula is C22H16F2N2O4. The highest BCUT2D eigenvalue weighted by atomic mass is 19.1. The lowest BCUT2D eigenvalue weighted by Crippen LogP contribution is -2.23. The zero-order chi connectivity index (χ0) is 21.4. The molecule has 4 aromatic rings. The van der Waals surface area contributed by atoms with Crippen molar-refractivity contribution in [3.63, 3.8) is 0 Å². The monoisotopic (exact) mass is 410 g/mol. The molecule has 0 spiro atoms. The molecule has 4 rings (SSSR count). The molecule has 8 heteroatoms. The molecule has 0 radical (unpaired) electrons. The number of aromatic nitrogens is 2. The van der Waals surface area contributed by atoms with E-state index < -0.39 is 23.2 Å². The van der Waals surface area contributed by atoms with Gasteiger partial charge in [0, 0.05) is 5.39 Å². The van der Waals surface area contributed by atoms with Crippen LogP contribution in [-0.4, -0.2) is 29.7 Å². The second kappa shape index (κ2) is 7.55. The highest BCUT2D eigenvalue weighted by molar-refractivity contribution is 6.05. The van der Waals surface area contributed by atoms with Crippen molar-refractivity contribution in [3.8, 4) is 5.75 Å². The molecule has 2 heterocycles. The molecule has 0 unspecified atom stereocenters. The number of hydrogen-bond donors (Lipinski definition) is 0. The van der Waals surface area contributed by atoms with Crippen LogP contribution >= 0.6 is 0 Å². The Hall–Kier alpha value is -3.81. The van der Waals surface area contributed by atoms with Crippen molar-refractivity contribution in [2.45, 2.75) is 6.54 Å². The standard InChI is InChI=1S/C22H16F2N2O4/c1-29-14-5-3-12(4-6-14)11-26-20-16(8-7-15(18(20)24)22(28)30-2)19-17(21(26)27)9-13(23)10-25-19/h3-10H,11H2,1-2H3. The molecule has 6 nitrogen and oxygen atoms in total. The maximum Gasteiger partial charge on any atom is 0.340 e. The lowest BCUT2D eigenvalue weighted by atomic mass is 10.1. The number of carbonyl (C=O) groups excluding carboxylic acids is 1. The quantitative estimate of drug-likeness (QED) is 0.379. The number of pyridine rings is 2. The van der Waals surface area contributed by atoms with Crippen LogP contribution in [0.1, 0.15) is 15.9 Å². The molecule has 0 N–H and O–H groups in total. The summed E-state index contributed by atoms with van der Waals surface area (Å²) in [7, 11) is 2.67. The molecule has 0 amide bonds. The SMILES string of the molecule is COC(=O)c1ccc2c3ncc(F)cc3c(=O)n(Cc3ccc(OC)cc3)c2c1F. The number of fused-ring (bicyclic) bond motifs is 3. The molecule has 2 aromatic heterocycles. The van der Waals surface area contributed by atoms with Gasteiger partial charge in [-0.3, -0.25) is 9.78 Å². The molecule has 30 heavy (non-hydrogen) atoms. The second-order valence-corrected chi connectivity index (χ2v) is 6.60. The van der Waals surface area contributed by atoms with Gasteiger partial charge in [0.25, 0.3) is 5.56 Å². The van der Waals surface area contributed by atoms with Crippen LogP contribution in [0.5, 0.6) is 5.75 Å². The molecular weight excluding hydrogens is 394 g/mol. The van der Waals surface area contributed by atoms with Crippen LogP contribution in [0.2, 0.25) is 0 Å². The van der Waals surface area contributed by atoms with E-state index in [9.17, 15) is 14.0 Å². The predicted octanol–water partition coefficient (Wildman–Crippen LogP) is 3.67. The summed E-state index contributed by atoms with van der Waals surface area (Å²) in [6.45, 7) is -0.00662. The number of hydrogen-bond acceptors (Lipinski definition) is 5. The van der Waals surface area contributed by atoms with Crippen LogP contribution in [-0.2, 0) is 11.3 Å². The highest BCUT2D eigenvalue weighted by Crippen LogP contribution is 2.27. The summed E-state index contributed by atoms with van der Waals surface area (Å²) in [5.41, 5.74) is -0.204. The number of nitrogens with zero attached hydrogens (tertiary/aromatic N) is 2. The Morgan fingerprint density at radius 1 is 1.07 bits per heavy atom. The van der Waals surface area contributed by atoms with E-state index >= 15 is 4.39 Å². The van der Waals surface area contributed by atoms with Gasteiger partial charge in [-0.1, -0.05) is 12.1 Å². The summed E-state index contributed by atoms with van der Waals surface area (Å²) in [5.74, 6) is -1.83. The van der Waals surface area contributed by atoms with Gasteiger partial charge in [-0.25, -0.2) is 13.6 Å². The van der Waals surface area contributed by atoms with Crippen LogP contribution in [0.3, 0.4) is 0 Å². The minimum atomic E-state index is -0.905. The maximum absolute atomic E-state index is 15.4. The molecule has 0 aliphatic carbocycles. The number of esters is 1. The molecule has 0 bridgehead atoms. The van der Waals surface area contributed by atoms with E-state index in [1.165, 1.54) is 23.8 Å². The van der Waals surface area contributed by atoms with Gasteiger partial charge in [-0.2, -0.15) is 0 Å². The molecule has 0 aliphatic rings. The Morgan fingerprint density at radius 2 is 1.80 bits per heavy atom. The Bertz CT molecular complexity index is 1350. The predicted molar refractivity (Wildman–Crippen MR) is 107 cm³/mol. The van der Waals surface area contributed by atoms with E-state index in [2.05, 4.69) is 9.72 Å². The number of halogens is 2. The van der Waals surface area contributed by atoms with Gasteiger partial charge in [-0.15, -0.1) is 0 Å². The summed E-state index contributed by atoms with van der Waals surface area (Å²) < 4.78 is 40.1. The molecule has 0 fully saturated rings. The van der Waals surface area contributed by atoms with Crippen molar-refractivity contribution >= 4 is 27.8 Å². The van der Waals surface area contributed by atoms with Crippen LogP contribution in [0.15, 0.2) is 53.5 Å². The summed E-state index contributed by atoms with van der Waals surface area (Å²) in [6, 6.07) is 10.7. The van der Waals surface area contributed by atoms with Crippen molar-refractivity contribution in [1.29, 1.82) is 0 Å². The smallest absolute Gasteiger partial charge is 0.340 e. The molecule has 0 saturated carbocycles. The summed E-state index contributed by atoms with van der Waals surface area (Å²) in [5, 5.41) is 0.296. The van der Waals surface area contributed by atoms with Gasteiger partial charge in [0.15, 0.2) is 5.82 Å². The first-order chi connectivity index (χ1) is 14.4. The molecule has 2 aromatic carbocycles. The highest BCUT2D eigenvalue weighted by Gasteiger charge is 2.21. The first-order valence-electron chi connectivity index (χ1n) is 8.96. The van der Waals surface area contributed by atoms with Crippen molar-refractivity contribution in [1.82, 2.24) is 9.55 Å². The van der Waals surface area contributed by atoms with Crippen molar-refractivity contribution in [2.24, 2.45) is 0 Å². The van der Waals surface area contributed by atoms with Gasteiger partial charge >= 0.3 is 5.97 Å². The van der Waals surface area contributed by atoms with E-state index in [0.717, 1.165) is 19.4 Å². The Kier molecular flexibility index (Phi) is 4.91. The van der Waals surface area contributed by atoms with E-state index in [1.54, 1.807) is 24.3 Å². The lowest BCUT2D eigenvalue weighted by molar-refractivity contribution is 0.0596. The fourth-order valence-electron chi connectivity index (χ4n) is 3.42. The first-order valence-corrected chi connectivity index (χ1v) is 8.96. The van der Waals surface area contributed by atoms with Crippen molar-refractivity contribution in [2.75, 3.05) is 14.2 Å². The minimum absolute atomic E-state index is 0.00662. The fourth-order valence-corrected chi connectivity index (χ4v) is 3.42. The van der Waals surface area contributed by atoms with Crippen LogP contribution in [0.25, 0.3) is 21.8 Å². The Labute approximate surface area is 169 Å². The zero-order valence-corrected chi connectivity index (χ0v) is 16.1. The van der Waals surface area contributed by atoms with Gasteiger partial charge in [-0.05, 0) is 35.9 Å². The van der Waals surface area contributed by atoms with E-state index in [4.69, 9.17) is 4.74 Å². The molecule has 0 aliphatic heterocycles. The number of rotatable bonds is 4. The minimum Gasteiger partial charge on any atom is -0.497 e. The maximum atomic E-state index is 15.4. The van der Waals surface area contributed by atoms with E-state index in [0.29, 0.717) is 11.3 Å². The number of methoxy groups -OCH3 is 2. The van der Waals surface area contributed by atoms with Gasteiger partial charge in [0.2, 0.25) is 0 Å². The van der Waals surface area contributed by atoms with Crippen LogP contribution < -0.4 is 10.3 Å². The third-order valence-corrected chi connectivity index (χ3v) is 4.88. The van der Waals surface area contributed by atoms with E-state index in [1.807, 2.05) is 0 Å².